The molecule has 10 nitrogen and oxygen atoms in total. The molecule has 0 radical (unpaired) electrons. The van der Waals surface area contributed by atoms with Gasteiger partial charge in [0.2, 0.25) is 5.91 Å². The minimum absolute atomic E-state index is 0.0102. The molecule has 1 aliphatic heterocycles. The number of carboxylic acid groups (broad SMARTS) is 2. The lowest BCUT2D eigenvalue weighted by atomic mass is 10.2. The van der Waals surface area contributed by atoms with Crippen LogP contribution in [0.3, 0.4) is 0 Å². The molecule has 0 aromatic heterocycles. The first-order chi connectivity index (χ1) is 15.8. The van der Waals surface area contributed by atoms with E-state index in [2.05, 4.69) is 39.4 Å². The van der Waals surface area contributed by atoms with E-state index in [9.17, 15) is 4.79 Å². The Hall–Kier alpha value is -3.79. The van der Waals surface area contributed by atoms with E-state index in [-0.39, 0.29) is 5.91 Å². The number of para-hydroxylation sites is 1. The van der Waals surface area contributed by atoms with Gasteiger partial charge in [0.1, 0.15) is 11.5 Å². The summed E-state index contributed by atoms with van der Waals surface area (Å²) in [6.45, 7) is 4.66. The maximum absolute atomic E-state index is 12.3. The zero-order valence-corrected chi connectivity index (χ0v) is 18.7. The number of anilines is 2. The molecule has 0 aliphatic carbocycles. The molecule has 0 saturated carbocycles. The van der Waals surface area contributed by atoms with E-state index in [1.807, 2.05) is 6.07 Å². The number of carboxylic acids is 2. The average molecular weight is 459 g/mol. The van der Waals surface area contributed by atoms with Crippen molar-refractivity contribution in [2.45, 2.75) is 6.42 Å². The summed E-state index contributed by atoms with van der Waals surface area (Å²) in [6.07, 6.45) is 0.459. The normalized spacial score (nSPS) is 13.3. The van der Waals surface area contributed by atoms with Crippen LogP contribution in [0.15, 0.2) is 48.5 Å². The minimum Gasteiger partial charge on any atom is -0.497 e. The summed E-state index contributed by atoms with van der Waals surface area (Å²) in [5.74, 6) is -2.37. The fourth-order valence-corrected chi connectivity index (χ4v) is 3.24. The lowest BCUT2D eigenvalue weighted by molar-refractivity contribution is -0.159. The zero-order chi connectivity index (χ0) is 24.2. The van der Waals surface area contributed by atoms with E-state index < -0.39 is 11.9 Å². The van der Waals surface area contributed by atoms with Crippen LogP contribution in [0.1, 0.15) is 6.42 Å². The van der Waals surface area contributed by atoms with Gasteiger partial charge >= 0.3 is 11.9 Å². The summed E-state index contributed by atoms with van der Waals surface area (Å²) < 4.78 is 10.5. The third-order valence-corrected chi connectivity index (χ3v) is 5.01. The maximum atomic E-state index is 12.3. The smallest absolute Gasteiger partial charge is 0.414 e. The van der Waals surface area contributed by atoms with E-state index in [1.54, 1.807) is 32.4 Å². The standard InChI is InChI=1S/C21H27N3O3.C2H2O4/c1-26-18-8-9-19(20(16-18)27-2)22-21(25)10-11-23-12-14-24(15-13-23)17-6-4-3-5-7-17;3-1(4)2(5)6/h3-9,16H,10-15H2,1-2H3,(H,22,25);(H,3,4)(H,5,6). The number of amides is 1. The molecule has 3 rings (SSSR count). The van der Waals surface area contributed by atoms with Crippen LogP contribution in [0.25, 0.3) is 0 Å². The van der Waals surface area contributed by atoms with E-state index in [4.69, 9.17) is 29.3 Å². The first-order valence-electron chi connectivity index (χ1n) is 10.3. The number of rotatable bonds is 7. The van der Waals surface area contributed by atoms with Gasteiger partial charge in [-0.25, -0.2) is 9.59 Å². The van der Waals surface area contributed by atoms with Gasteiger partial charge in [0.05, 0.1) is 19.9 Å². The minimum atomic E-state index is -1.82. The van der Waals surface area contributed by atoms with Crippen molar-refractivity contribution in [1.82, 2.24) is 4.90 Å². The largest absolute Gasteiger partial charge is 0.497 e. The molecule has 1 amide bonds. The zero-order valence-electron chi connectivity index (χ0n) is 18.7. The highest BCUT2D eigenvalue weighted by Crippen LogP contribution is 2.29. The number of benzene rings is 2. The third kappa shape index (κ3) is 8.34. The summed E-state index contributed by atoms with van der Waals surface area (Å²) in [5, 5.41) is 17.7. The van der Waals surface area contributed by atoms with Gasteiger partial charge in [-0.05, 0) is 24.3 Å². The van der Waals surface area contributed by atoms with Crippen LogP contribution in [0.2, 0.25) is 0 Å². The fraction of sp³-hybridized carbons (Fsp3) is 0.348. The molecule has 0 bridgehead atoms. The number of ether oxygens (including phenoxy) is 2. The third-order valence-electron chi connectivity index (χ3n) is 5.01. The Morgan fingerprint density at radius 2 is 1.55 bits per heavy atom. The SMILES string of the molecule is COc1ccc(NC(=O)CCN2CCN(c3ccccc3)CC2)c(OC)c1.O=C(O)C(=O)O. The molecular formula is C23H29N3O7. The highest BCUT2D eigenvalue weighted by Gasteiger charge is 2.18. The van der Waals surface area contributed by atoms with E-state index >= 15 is 0 Å². The number of aliphatic carboxylic acids is 2. The van der Waals surface area contributed by atoms with Gasteiger partial charge < -0.3 is 29.9 Å². The topological polar surface area (TPSA) is 129 Å². The second-order valence-corrected chi connectivity index (χ2v) is 7.14. The molecule has 0 atom stereocenters. The molecule has 2 aromatic rings. The molecule has 33 heavy (non-hydrogen) atoms. The van der Waals surface area contributed by atoms with Gasteiger partial charge in [0.15, 0.2) is 0 Å². The van der Waals surface area contributed by atoms with Crippen molar-refractivity contribution < 1.29 is 34.1 Å². The highest BCUT2D eigenvalue weighted by atomic mass is 16.5. The lowest BCUT2D eigenvalue weighted by Gasteiger charge is -2.36. The monoisotopic (exact) mass is 459 g/mol. The number of carbonyl (C=O) groups excluding carboxylic acids is 1. The molecule has 3 N–H and O–H groups in total. The molecule has 1 saturated heterocycles. The van der Waals surface area contributed by atoms with E-state index in [1.165, 1.54) is 5.69 Å². The summed E-state index contributed by atoms with van der Waals surface area (Å²) in [5.41, 5.74) is 1.93. The van der Waals surface area contributed by atoms with Crippen LogP contribution in [0.5, 0.6) is 11.5 Å². The Morgan fingerprint density at radius 1 is 0.909 bits per heavy atom. The number of nitrogens with zero attached hydrogens (tertiary/aromatic N) is 2. The average Bonchev–Trinajstić information content (AvgIpc) is 2.84. The number of methoxy groups -OCH3 is 2. The molecule has 1 heterocycles. The highest BCUT2D eigenvalue weighted by molar-refractivity contribution is 6.27. The predicted octanol–water partition coefficient (Wildman–Crippen LogP) is 2.01. The van der Waals surface area contributed by atoms with Gasteiger partial charge in [0.25, 0.3) is 0 Å². The molecule has 0 spiro atoms. The number of nitrogens with one attached hydrogen (secondary N) is 1. The van der Waals surface area contributed by atoms with Crippen molar-refractivity contribution in [3.05, 3.63) is 48.5 Å². The molecule has 1 fully saturated rings. The van der Waals surface area contributed by atoms with Crippen LogP contribution in [-0.4, -0.2) is 79.9 Å². The Kier molecular flexibility index (Phi) is 9.97. The second kappa shape index (κ2) is 12.9. The predicted molar refractivity (Wildman–Crippen MR) is 123 cm³/mol. The van der Waals surface area contributed by atoms with Crippen molar-refractivity contribution in [2.24, 2.45) is 0 Å². The number of piperazine rings is 1. The molecule has 2 aromatic carbocycles. The fourth-order valence-electron chi connectivity index (χ4n) is 3.24. The lowest BCUT2D eigenvalue weighted by Crippen LogP contribution is -2.47. The van der Waals surface area contributed by atoms with E-state index in [0.29, 0.717) is 23.6 Å². The summed E-state index contributed by atoms with van der Waals surface area (Å²) in [4.78, 5) is 35.3. The van der Waals surface area contributed by atoms with Crippen molar-refractivity contribution >= 4 is 29.2 Å². The van der Waals surface area contributed by atoms with Gasteiger partial charge in [0, 0.05) is 50.9 Å². The molecular weight excluding hydrogens is 430 g/mol. The van der Waals surface area contributed by atoms with Crippen molar-refractivity contribution in [3.8, 4) is 11.5 Å². The Bertz CT molecular complexity index is 917. The Balaban J connectivity index is 0.000000569. The van der Waals surface area contributed by atoms with Crippen LogP contribution in [-0.2, 0) is 14.4 Å². The van der Waals surface area contributed by atoms with Crippen LogP contribution < -0.4 is 19.7 Å². The van der Waals surface area contributed by atoms with Crippen molar-refractivity contribution in [1.29, 1.82) is 0 Å². The van der Waals surface area contributed by atoms with E-state index in [0.717, 1.165) is 32.7 Å². The Labute approximate surface area is 192 Å². The molecule has 0 unspecified atom stereocenters. The van der Waals surface area contributed by atoms with Gasteiger partial charge in [-0.3, -0.25) is 9.69 Å². The molecule has 10 heteroatoms. The number of hydrogen-bond donors (Lipinski definition) is 3. The summed E-state index contributed by atoms with van der Waals surface area (Å²) in [7, 11) is 3.18. The summed E-state index contributed by atoms with van der Waals surface area (Å²) in [6, 6.07) is 15.8. The van der Waals surface area contributed by atoms with Crippen molar-refractivity contribution in [2.75, 3.05) is 57.2 Å². The van der Waals surface area contributed by atoms with Gasteiger partial charge in [-0.1, -0.05) is 18.2 Å². The number of hydrogen-bond acceptors (Lipinski definition) is 7. The maximum Gasteiger partial charge on any atom is 0.414 e. The van der Waals surface area contributed by atoms with Gasteiger partial charge in [-0.2, -0.15) is 0 Å². The van der Waals surface area contributed by atoms with Crippen LogP contribution in [0.4, 0.5) is 11.4 Å². The molecule has 178 valence electrons. The second-order valence-electron chi connectivity index (χ2n) is 7.14. The first-order valence-corrected chi connectivity index (χ1v) is 10.3. The quantitative estimate of drug-likeness (QED) is 0.533. The summed E-state index contributed by atoms with van der Waals surface area (Å²) >= 11 is 0. The number of carbonyl (C=O) groups is 3. The first kappa shape index (κ1) is 25.5. The van der Waals surface area contributed by atoms with Crippen LogP contribution >= 0.6 is 0 Å². The Morgan fingerprint density at radius 3 is 2.09 bits per heavy atom. The van der Waals surface area contributed by atoms with Gasteiger partial charge in [-0.15, -0.1) is 0 Å². The van der Waals surface area contributed by atoms with Crippen LogP contribution in [0, 0.1) is 0 Å². The van der Waals surface area contributed by atoms with Crippen molar-refractivity contribution in [3.63, 3.8) is 0 Å². The molecule has 1 aliphatic rings.